The van der Waals surface area contributed by atoms with Gasteiger partial charge in [-0.15, -0.1) is 0 Å². The van der Waals surface area contributed by atoms with Crippen molar-refractivity contribution < 1.29 is 8.78 Å². The van der Waals surface area contributed by atoms with Crippen molar-refractivity contribution in [2.24, 2.45) is 11.8 Å². The SMILES string of the molecule is CC(C)CC(F)CN(C)CC1CC=CC=C1F. The average Bonchev–Trinajstić information content (AvgIpc) is 2.19. The van der Waals surface area contributed by atoms with Crippen molar-refractivity contribution in [3.8, 4) is 0 Å². The maximum atomic E-state index is 13.6. The molecule has 0 N–H and O–H groups in total. The van der Waals surface area contributed by atoms with Crippen molar-refractivity contribution >= 4 is 0 Å². The summed E-state index contributed by atoms with van der Waals surface area (Å²) in [4.78, 5) is 1.89. The zero-order valence-electron chi connectivity index (χ0n) is 11.0. The molecule has 2 unspecified atom stereocenters. The molecule has 2 atom stereocenters. The van der Waals surface area contributed by atoms with Crippen LogP contribution in [0.4, 0.5) is 8.78 Å². The van der Waals surface area contributed by atoms with Gasteiger partial charge in [0.2, 0.25) is 0 Å². The lowest BCUT2D eigenvalue weighted by molar-refractivity contribution is 0.180. The molecular weight excluding hydrogens is 220 g/mol. The Morgan fingerprint density at radius 3 is 2.76 bits per heavy atom. The Balaban J connectivity index is 2.32. The molecule has 1 aliphatic carbocycles. The molecule has 0 spiro atoms. The molecule has 0 aromatic heterocycles. The van der Waals surface area contributed by atoms with Gasteiger partial charge in [0.15, 0.2) is 0 Å². The summed E-state index contributed by atoms with van der Waals surface area (Å²) < 4.78 is 27.0. The highest BCUT2D eigenvalue weighted by Crippen LogP contribution is 2.22. The van der Waals surface area contributed by atoms with E-state index in [-0.39, 0.29) is 11.7 Å². The lowest BCUT2D eigenvalue weighted by Crippen LogP contribution is -2.32. The van der Waals surface area contributed by atoms with E-state index in [1.165, 1.54) is 6.08 Å². The predicted octanol–water partition coefficient (Wildman–Crippen LogP) is 3.73. The molecule has 1 aliphatic rings. The van der Waals surface area contributed by atoms with Crippen molar-refractivity contribution in [1.29, 1.82) is 0 Å². The fourth-order valence-corrected chi connectivity index (χ4v) is 2.19. The van der Waals surface area contributed by atoms with Crippen molar-refractivity contribution in [1.82, 2.24) is 4.90 Å². The number of alkyl halides is 1. The van der Waals surface area contributed by atoms with Crippen LogP contribution in [0.15, 0.2) is 24.1 Å². The third kappa shape index (κ3) is 5.44. The van der Waals surface area contributed by atoms with Crippen LogP contribution in [0, 0.1) is 11.8 Å². The molecule has 0 saturated heterocycles. The molecule has 0 fully saturated rings. The Morgan fingerprint density at radius 2 is 2.18 bits per heavy atom. The van der Waals surface area contributed by atoms with Gasteiger partial charge in [0.25, 0.3) is 0 Å². The first-order chi connectivity index (χ1) is 7.99. The minimum absolute atomic E-state index is 0.0846. The van der Waals surface area contributed by atoms with Crippen LogP contribution in [0.5, 0.6) is 0 Å². The molecule has 98 valence electrons. The topological polar surface area (TPSA) is 3.24 Å². The van der Waals surface area contributed by atoms with Gasteiger partial charge in [-0.2, -0.15) is 0 Å². The summed E-state index contributed by atoms with van der Waals surface area (Å²) in [5.41, 5.74) is 0. The normalized spacial score (nSPS) is 22.1. The van der Waals surface area contributed by atoms with Crippen molar-refractivity contribution in [3.63, 3.8) is 0 Å². The fourth-order valence-electron chi connectivity index (χ4n) is 2.19. The second kappa shape index (κ2) is 6.90. The van der Waals surface area contributed by atoms with Crippen LogP contribution in [-0.2, 0) is 0 Å². The summed E-state index contributed by atoms with van der Waals surface area (Å²) in [7, 11) is 1.86. The van der Waals surface area contributed by atoms with Crippen molar-refractivity contribution in [2.45, 2.75) is 32.9 Å². The van der Waals surface area contributed by atoms with E-state index in [0.717, 1.165) is 0 Å². The lowest BCUT2D eigenvalue weighted by Gasteiger charge is -2.25. The number of halogens is 2. The first-order valence-electron chi connectivity index (χ1n) is 6.34. The summed E-state index contributed by atoms with van der Waals surface area (Å²) >= 11 is 0. The van der Waals surface area contributed by atoms with Crippen LogP contribution in [-0.4, -0.2) is 31.2 Å². The van der Waals surface area contributed by atoms with Gasteiger partial charge in [0.05, 0.1) is 0 Å². The summed E-state index contributed by atoms with van der Waals surface area (Å²) in [6.45, 7) is 5.01. The molecule has 0 radical (unpaired) electrons. The molecule has 0 aromatic carbocycles. The first kappa shape index (κ1) is 14.4. The quantitative estimate of drug-likeness (QED) is 0.687. The summed E-state index contributed by atoms with van der Waals surface area (Å²) in [6, 6.07) is 0. The Labute approximate surface area is 103 Å². The molecular formula is C14H23F2N. The zero-order chi connectivity index (χ0) is 12.8. The van der Waals surface area contributed by atoms with Gasteiger partial charge in [-0.3, -0.25) is 0 Å². The van der Waals surface area contributed by atoms with Gasteiger partial charge in [-0.05, 0) is 31.9 Å². The third-order valence-corrected chi connectivity index (χ3v) is 2.97. The summed E-state index contributed by atoms with van der Waals surface area (Å²) in [6.07, 6.45) is 5.68. The second-order valence-corrected chi connectivity index (χ2v) is 5.36. The Hall–Kier alpha value is -0.700. The highest BCUT2D eigenvalue weighted by Gasteiger charge is 2.19. The van der Waals surface area contributed by atoms with Crippen LogP contribution in [0.3, 0.4) is 0 Å². The highest BCUT2D eigenvalue weighted by molar-refractivity contribution is 5.16. The standard InChI is InChI=1S/C14H23F2N/c1-11(2)8-13(15)10-17(3)9-12-6-4-5-7-14(12)16/h4-5,7,11-13H,6,8-10H2,1-3H3. The van der Waals surface area contributed by atoms with Gasteiger partial charge < -0.3 is 4.90 Å². The highest BCUT2D eigenvalue weighted by atomic mass is 19.1. The predicted molar refractivity (Wildman–Crippen MR) is 68.3 cm³/mol. The minimum Gasteiger partial charge on any atom is -0.303 e. The summed E-state index contributed by atoms with van der Waals surface area (Å²) in [5.74, 6) is 0.183. The number of hydrogen-bond acceptors (Lipinski definition) is 1. The smallest absolute Gasteiger partial charge is 0.113 e. The largest absolute Gasteiger partial charge is 0.303 e. The van der Waals surface area contributed by atoms with Gasteiger partial charge in [-0.1, -0.05) is 26.0 Å². The van der Waals surface area contributed by atoms with E-state index in [1.807, 2.05) is 31.9 Å². The summed E-state index contributed by atoms with van der Waals surface area (Å²) in [5, 5.41) is 0. The Kier molecular flexibility index (Phi) is 5.83. The maximum absolute atomic E-state index is 13.6. The van der Waals surface area contributed by atoms with Gasteiger partial charge in [0.1, 0.15) is 12.0 Å². The fraction of sp³-hybridized carbons (Fsp3) is 0.714. The van der Waals surface area contributed by atoms with E-state index in [4.69, 9.17) is 0 Å². The van der Waals surface area contributed by atoms with Crippen LogP contribution >= 0.6 is 0 Å². The van der Waals surface area contributed by atoms with E-state index < -0.39 is 6.17 Å². The van der Waals surface area contributed by atoms with E-state index in [2.05, 4.69) is 0 Å². The average molecular weight is 243 g/mol. The zero-order valence-corrected chi connectivity index (χ0v) is 11.0. The number of hydrogen-bond donors (Lipinski definition) is 0. The number of allylic oxidation sites excluding steroid dienone is 3. The third-order valence-electron chi connectivity index (χ3n) is 2.97. The first-order valence-corrected chi connectivity index (χ1v) is 6.34. The Bertz CT molecular complexity index is 284. The molecule has 17 heavy (non-hydrogen) atoms. The van der Waals surface area contributed by atoms with Gasteiger partial charge in [0, 0.05) is 19.0 Å². The van der Waals surface area contributed by atoms with Gasteiger partial charge in [-0.25, -0.2) is 8.78 Å². The van der Waals surface area contributed by atoms with E-state index in [1.54, 1.807) is 6.08 Å². The van der Waals surface area contributed by atoms with Crippen LogP contribution in [0.25, 0.3) is 0 Å². The minimum atomic E-state index is -0.814. The van der Waals surface area contributed by atoms with Crippen LogP contribution in [0.1, 0.15) is 26.7 Å². The van der Waals surface area contributed by atoms with Crippen LogP contribution in [0.2, 0.25) is 0 Å². The van der Waals surface area contributed by atoms with E-state index in [0.29, 0.717) is 31.8 Å². The molecule has 0 aromatic rings. The van der Waals surface area contributed by atoms with Crippen molar-refractivity contribution in [3.05, 3.63) is 24.1 Å². The van der Waals surface area contributed by atoms with E-state index >= 15 is 0 Å². The monoisotopic (exact) mass is 243 g/mol. The Morgan fingerprint density at radius 1 is 1.47 bits per heavy atom. The molecule has 1 rings (SSSR count). The molecule has 0 bridgehead atoms. The number of rotatable bonds is 6. The second-order valence-electron chi connectivity index (χ2n) is 5.36. The lowest BCUT2D eigenvalue weighted by atomic mass is 9.98. The molecule has 3 heteroatoms. The van der Waals surface area contributed by atoms with E-state index in [9.17, 15) is 8.78 Å². The van der Waals surface area contributed by atoms with Crippen LogP contribution < -0.4 is 0 Å². The molecule has 0 heterocycles. The molecule has 0 amide bonds. The number of nitrogens with zero attached hydrogens (tertiary/aromatic N) is 1. The van der Waals surface area contributed by atoms with Gasteiger partial charge >= 0.3 is 0 Å². The molecule has 0 saturated carbocycles. The molecule has 1 nitrogen and oxygen atoms in total. The molecule has 0 aliphatic heterocycles. The maximum Gasteiger partial charge on any atom is 0.113 e. The van der Waals surface area contributed by atoms with Crippen molar-refractivity contribution in [2.75, 3.05) is 20.1 Å².